The van der Waals surface area contributed by atoms with Crippen LogP contribution in [0.3, 0.4) is 0 Å². The zero-order chi connectivity index (χ0) is 11.0. The van der Waals surface area contributed by atoms with Gasteiger partial charge in [0.2, 0.25) is 0 Å². The highest BCUT2D eigenvalue weighted by Crippen LogP contribution is 2.31. The molecule has 1 nitrogen and oxygen atoms in total. The fourth-order valence-corrected chi connectivity index (χ4v) is 3.11. The molecule has 0 bridgehead atoms. The van der Waals surface area contributed by atoms with Crippen LogP contribution in [-0.2, 0) is 6.42 Å². The first-order chi connectivity index (χ1) is 7.86. The van der Waals surface area contributed by atoms with Gasteiger partial charge in [0, 0.05) is 16.9 Å². The Bertz CT molecular complexity index is 511. The number of ketones is 1. The predicted octanol–water partition coefficient (Wildman–Crippen LogP) is 3.37. The molecule has 1 aromatic carbocycles. The van der Waals surface area contributed by atoms with Gasteiger partial charge in [-0.1, -0.05) is 30.3 Å². The molecule has 2 aliphatic rings. The number of carbonyl (C=O) groups excluding carboxylic acids is 1. The van der Waals surface area contributed by atoms with Crippen LogP contribution in [-0.4, -0.2) is 11.5 Å². The SMILES string of the molecule is O=C1C(=C2C=CSC2)CCc2ccccc21. The standard InChI is InChI=1S/C14H12OS/c15-14-12-4-2-1-3-10(12)5-6-13(14)11-7-8-16-9-11/h1-4,7-8H,5-6,9H2. The largest absolute Gasteiger partial charge is 0.289 e. The molecule has 0 radical (unpaired) electrons. The van der Waals surface area contributed by atoms with E-state index in [2.05, 4.69) is 17.6 Å². The van der Waals surface area contributed by atoms with Crippen molar-refractivity contribution in [2.24, 2.45) is 0 Å². The highest BCUT2D eigenvalue weighted by Gasteiger charge is 2.24. The lowest BCUT2D eigenvalue weighted by molar-refractivity contribution is 0.102. The van der Waals surface area contributed by atoms with Gasteiger partial charge in [-0.25, -0.2) is 0 Å². The average molecular weight is 228 g/mol. The molecule has 1 heterocycles. The number of carbonyl (C=O) groups is 1. The van der Waals surface area contributed by atoms with Crippen molar-refractivity contribution in [3.05, 3.63) is 58.0 Å². The molecule has 80 valence electrons. The van der Waals surface area contributed by atoms with Crippen molar-refractivity contribution in [2.45, 2.75) is 12.8 Å². The summed E-state index contributed by atoms with van der Waals surface area (Å²) < 4.78 is 0. The highest BCUT2D eigenvalue weighted by atomic mass is 32.2. The van der Waals surface area contributed by atoms with Crippen LogP contribution in [0.5, 0.6) is 0 Å². The fraction of sp³-hybridized carbons (Fsp3) is 0.214. The monoisotopic (exact) mass is 228 g/mol. The maximum Gasteiger partial charge on any atom is 0.189 e. The Morgan fingerprint density at radius 1 is 1.12 bits per heavy atom. The maximum atomic E-state index is 12.3. The second-order valence-corrected chi connectivity index (χ2v) is 5.00. The van der Waals surface area contributed by atoms with E-state index < -0.39 is 0 Å². The molecule has 0 atom stereocenters. The Morgan fingerprint density at radius 3 is 2.81 bits per heavy atom. The van der Waals surface area contributed by atoms with Crippen molar-refractivity contribution < 1.29 is 4.79 Å². The van der Waals surface area contributed by atoms with Crippen LogP contribution < -0.4 is 0 Å². The third-order valence-corrected chi connectivity index (χ3v) is 3.98. The summed E-state index contributed by atoms with van der Waals surface area (Å²) in [5.41, 5.74) is 4.36. The molecule has 0 saturated heterocycles. The predicted molar refractivity (Wildman–Crippen MR) is 67.7 cm³/mol. The molecule has 16 heavy (non-hydrogen) atoms. The Hall–Kier alpha value is -1.28. The van der Waals surface area contributed by atoms with Gasteiger partial charge in [-0.3, -0.25) is 4.79 Å². The lowest BCUT2D eigenvalue weighted by Gasteiger charge is -2.18. The molecular formula is C14H12OS. The molecule has 0 aromatic heterocycles. The third kappa shape index (κ3) is 1.54. The molecule has 1 aliphatic carbocycles. The zero-order valence-electron chi connectivity index (χ0n) is 8.90. The van der Waals surface area contributed by atoms with E-state index in [9.17, 15) is 4.79 Å². The summed E-state index contributed by atoms with van der Waals surface area (Å²) in [5, 5.41) is 2.08. The van der Waals surface area contributed by atoms with Crippen molar-refractivity contribution in [3.8, 4) is 0 Å². The first-order valence-electron chi connectivity index (χ1n) is 5.49. The van der Waals surface area contributed by atoms with Crippen LogP contribution in [0.25, 0.3) is 0 Å². The van der Waals surface area contributed by atoms with E-state index in [1.54, 1.807) is 11.8 Å². The minimum absolute atomic E-state index is 0.240. The molecule has 1 aromatic rings. The number of hydrogen-bond donors (Lipinski definition) is 0. The van der Waals surface area contributed by atoms with E-state index in [4.69, 9.17) is 0 Å². The number of Topliss-reactive ketones (excluding diaryl/α,β-unsaturated/α-hetero) is 1. The van der Waals surface area contributed by atoms with Gasteiger partial charge >= 0.3 is 0 Å². The molecule has 0 N–H and O–H groups in total. The topological polar surface area (TPSA) is 17.1 Å². The highest BCUT2D eigenvalue weighted by molar-refractivity contribution is 8.02. The second-order valence-electron chi connectivity index (χ2n) is 4.10. The number of fused-ring (bicyclic) bond motifs is 1. The zero-order valence-corrected chi connectivity index (χ0v) is 9.72. The summed E-state index contributed by atoms with van der Waals surface area (Å²) in [7, 11) is 0. The molecule has 3 rings (SSSR count). The van der Waals surface area contributed by atoms with Gasteiger partial charge in [-0.2, -0.15) is 0 Å². The number of hydrogen-bond acceptors (Lipinski definition) is 2. The minimum Gasteiger partial charge on any atom is -0.289 e. The number of thioether (sulfide) groups is 1. The van der Waals surface area contributed by atoms with E-state index in [-0.39, 0.29) is 5.78 Å². The van der Waals surface area contributed by atoms with Crippen LogP contribution in [0.1, 0.15) is 22.3 Å². The normalized spacial score (nSPS) is 23.6. The lowest BCUT2D eigenvalue weighted by atomic mass is 9.85. The van der Waals surface area contributed by atoms with Crippen molar-refractivity contribution in [1.82, 2.24) is 0 Å². The number of aryl methyl sites for hydroxylation is 1. The number of rotatable bonds is 0. The molecule has 1 aliphatic heterocycles. The number of benzene rings is 1. The van der Waals surface area contributed by atoms with Crippen LogP contribution in [0.2, 0.25) is 0 Å². The fourth-order valence-electron chi connectivity index (χ4n) is 2.31. The van der Waals surface area contributed by atoms with E-state index in [0.29, 0.717) is 0 Å². The molecule has 0 amide bonds. The summed E-state index contributed by atoms with van der Waals surface area (Å²) in [6, 6.07) is 7.97. The summed E-state index contributed by atoms with van der Waals surface area (Å²) in [5.74, 6) is 1.20. The van der Waals surface area contributed by atoms with E-state index in [1.807, 2.05) is 18.2 Å². The van der Waals surface area contributed by atoms with Crippen molar-refractivity contribution in [1.29, 1.82) is 0 Å². The van der Waals surface area contributed by atoms with Crippen LogP contribution in [0, 0.1) is 0 Å². The molecule has 0 saturated carbocycles. The van der Waals surface area contributed by atoms with Gasteiger partial charge < -0.3 is 0 Å². The third-order valence-electron chi connectivity index (χ3n) is 3.17. The van der Waals surface area contributed by atoms with E-state index in [1.165, 1.54) is 11.1 Å². The van der Waals surface area contributed by atoms with Gasteiger partial charge in [0.15, 0.2) is 5.78 Å². The molecule has 2 heteroatoms. The van der Waals surface area contributed by atoms with Crippen molar-refractivity contribution in [3.63, 3.8) is 0 Å². The van der Waals surface area contributed by atoms with Gasteiger partial charge in [-0.15, -0.1) is 11.8 Å². The Balaban J connectivity index is 2.08. The summed E-state index contributed by atoms with van der Waals surface area (Å²) in [6.45, 7) is 0. The van der Waals surface area contributed by atoms with Gasteiger partial charge in [0.05, 0.1) is 0 Å². The lowest BCUT2D eigenvalue weighted by Crippen LogP contribution is -2.15. The maximum absolute atomic E-state index is 12.3. The van der Waals surface area contributed by atoms with E-state index in [0.717, 1.165) is 29.7 Å². The van der Waals surface area contributed by atoms with E-state index >= 15 is 0 Å². The number of allylic oxidation sites excluding steroid dienone is 2. The second kappa shape index (κ2) is 3.95. The van der Waals surface area contributed by atoms with Crippen LogP contribution in [0.4, 0.5) is 0 Å². The van der Waals surface area contributed by atoms with Gasteiger partial charge in [-0.05, 0) is 29.4 Å². The Kier molecular flexibility index (Phi) is 2.44. The quantitative estimate of drug-likeness (QED) is 0.633. The first kappa shape index (κ1) is 9.91. The first-order valence-corrected chi connectivity index (χ1v) is 6.54. The smallest absolute Gasteiger partial charge is 0.189 e. The Morgan fingerprint density at radius 2 is 2.00 bits per heavy atom. The molecule has 0 spiro atoms. The van der Waals surface area contributed by atoms with Gasteiger partial charge in [0.25, 0.3) is 0 Å². The van der Waals surface area contributed by atoms with Crippen molar-refractivity contribution in [2.75, 3.05) is 5.75 Å². The molecule has 0 unspecified atom stereocenters. The minimum atomic E-state index is 0.240. The summed E-state index contributed by atoms with van der Waals surface area (Å²) >= 11 is 1.77. The van der Waals surface area contributed by atoms with Crippen LogP contribution in [0.15, 0.2) is 46.9 Å². The molecular weight excluding hydrogens is 216 g/mol. The molecule has 0 fully saturated rings. The summed E-state index contributed by atoms with van der Waals surface area (Å²) in [4.78, 5) is 12.3. The average Bonchev–Trinajstić information content (AvgIpc) is 2.83. The van der Waals surface area contributed by atoms with Crippen LogP contribution >= 0.6 is 11.8 Å². The Labute approximate surface area is 99.2 Å². The van der Waals surface area contributed by atoms with Gasteiger partial charge in [0.1, 0.15) is 0 Å². The summed E-state index contributed by atoms with van der Waals surface area (Å²) in [6.07, 6.45) is 3.99. The van der Waals surface area contributed by atoms with Crippen molar-refractivity contribution >= 4 is 17.5 Å².